The predicted molar refractivity (Wildman–Crippen MR) is 124 cm³/mol. The van der Waals surface area contributed by atoms with Gasteiger partial charge in [-0.05, 0) is 48.9 Å². The van der Waals surface area contributed by atoms with Gasteiger partial charge in [-0.15, -0.1) is 0 Å². The predicted octanol–water partition coefficient (Wildman–Crippen LogP) is 4.43. The van der Waals surface area contributed by atoms with Crippen LogP contribution in [0.2, 0.25) is 0 Å². The maximum Gasteiger partial charge on any atom is 0.243 e. The van der Waals surface area contributed by atoms with Crippen molar-refractivity contribution in [2.24, 2.45) is 5.10 Å². The summed E-state index contributed by atoms with van der Waals surface area (Å²) >= 11 is 0. The quantitative estimate of drug-likeness (QED) is 0.669. The highest BCUT2D eigenvalue weighted by Crippen LogP contribution is 2.24. The smallest absolute Gasteiger partial charge is 0.243 e. The molecule has 1 aliphatic heterocycles. The van der Waals surface area contributed by atoms with Crippen LogP contribution in [0, 0.1) is 0 Å². The second kappa shape index (κ2) is 10.9. The molecule has 168 valence electrons. The highest BCUT2D eigenvalue weighted by Gasteiger charge is 2.22. The van der Waals surface area contributed by atoms with Gasteiger partial charge in [0, 0.05) is 25.8 Å². The lowest BCUT2D eigenvalue weighted by Gasteiger charge is -2.23. The Labute approximate surface area is 189 Å². The van der Waals surface area contributed by atoms with Gasteiger partial charge < -0.3 is 10.1 Å². The lowest BCUT2D eigenvalue weighted by atomic mass is 9.98. The summed E-state index contributed by atoms with van der Waals surface area (Å²) in [7, 11) is 0. The maximum absolute atomic E-state index is 12.5. The number of rotatable bonds is 8. The van der Waals surface area contributed by atoms with Crippen molar-refractivity contribution in [3.63, 3.8) is 0 Å². The van der Waals surface area contributed by atoms with Crippen LogP contribution in [0.15, 0.2) is 59.7 Å². The van der Waals surface area contributed by atoms with Gasteiger partial charge in [-0.1, -0.05) is 48.9 Å². The number of amides is 2. The summed E-state index contributed by atoms with van der Waals surface area (Å²) in [5, 5.41) is 8.84. The fraction of sp³-hybridized carbons (Fsp3) is 0.423. The van der Waals surface area contributed by atoms with Crippen molar-refractivity contribution < 1.29 is 14.3 Å². The van der Waals surface area contributed by atoms with E-state index in [1.807, 2.05) is 54.6 Å². The molecule has 0 bridgehead atoms. The first kappa shape index (κ1) is 22.1. The normalized spacial score (nSPS) is 16.5. The topological polar surface area (TPSA) is 71.0 Å². The summed E-state index contributed by atoms with van der Waals surface area (Å²) in [5.74, 6) is 0.609. The van der Waals surface area contributed by atoms with Crippen LogP contribution in [-0.4, -0.2) is 35.2 Å². The van der Waals surface area contributed by atoms with Gasteiger partial charge in [-0.25, -0.2) is 5.01 Å². The first-order valence-corrected chi connectivity index (χ1v) is 11.6. The Morgan fingerprint density at radius 1 is 1.00 bits per heavy atom. The minimum atomic E-state index is -0.136. The molecular formula is C26H31N3O3. The van der Waals surface area contributed by atoms with Crippen LogP contribution in [0.1, 0.15) is 62.5 Å². The van der Waals surface area contributed by atoms with Crippen LogP contribution in [0.3, 0.4) is 0 Å². The van der Waals surface area contributed by atoms with Gasteiger partial charge in [0.15, 0.2) is 0 Å². The SMILES string of the molecule is O=C(CCC(=O)N1CCC(c2ccccc2)=N1)NCc1cccc(OC2CCCCC2)c1. The molecule has 1 heterocycles. The number of carbonyl (C=O) groups is 2. The number of nitrogens with one attached hydrogen (secondary N) is 1. The highest BCUT2D eigenvalue weighted by molar-refractivity contribution is 6.02. The van der Waals surface area contributed by atoms with Crippen LogP contribution >= 0.6 is 0 Å². The largest absolute Gasteiger partial charge is 0.490 e. The van der Waals surface area contributed by atoms with Crippen molar-refractivity contribution in [2.45, 2.75) is 64.0 Å². The first-order chi connectivity index (χ1) is 15.7. The summed E-state index contributed by atoms with van der Waals surface area (Å²) < 4.78 is 6.10. The van der Waals surface area contributed by atoms with Gasteiger partial charge in [-0.2, -0.15) is 5.10 Å². The number of benzene rings is 2. The summed E-state index contributed by atoms with van der Waals surface area (Å²) in [6.07, 6.45) is 7.34. The summed E-state index contributed by atoms with van der Waals surface area (Å²) in [6, 6.07) is 17.8. The number of nitrogens with zero attached hydrogens (tertiary/aromatic N) is 2. The molecule has 0 radical (unpaired) electrons. The van der Waals surface area contributed by atoms with Crippen molar-refractivity contribution in [1.29, 1.82) is 0 Å². The Bertz CT molecular complexity index is 952. The average molecular weight is 434 g/mol. The maximum atomic E-state index is 12.5. The lowest BCUT2D eigenvalue weighted by molar-refractivity contribution is -0.133. The fourth-order valence-electron chi connectivity index (χ4n) is 4.21. The van der Waals surface area contributed by atoms with E-state index in [0.717, 1.165) is 41.9 Å². The summed E-state index contributed by atoms with van der Waals surface area (Å²) in [5.41, 5.74) is 2.95. The minimum absolute atomic E-state index is 0.117. The highest BCUT2D eigenvalue weighted by atomic mass is 16.5. The van der Waals surface area contributed by atoms with Crippen molar-refractivity contribution >= 4 is 17.5 Å². The zero-order chi connectivity index (χ0) is 22.2. The van der Waals surface area contributed by atoms with Gasteiger partial charge in [0.25, 0.3) is 0 Å². The van der Waals surface area contributed by atoms with Gasteiger partial charge in [0.1, 0.15) is 5.75 Å². The Hall–Kier alpha value is -3.15. The number of carbonyl (C=O) groups excluding carboxylic acids is 2. The Kier molecular flexibility index (Phi) is 7.54. The zero-order valence-corrected chi connectivity index (χ0v) is 18.5. The van der Waals surface area contributed by atoms with E-state index in [4.69, 9.17) is 4.74 Å². The van der Waals surface area contributed by atoms with E-state index < -0.39 is 0 Å². The van der Waals surface area contributed by atoms with E-state index in [1.54, 1.807) is 0 Å². The summed E-state index contributed by atoms with van der Waals surface area (Å²) in [6.45, 7) is 0.993. The van der Waals surface area contributed by atoms with E-state index in [2.05, 4.69) is 10.4 Å². The molecule has 0 atom stereocenters. The Morgan fingerprint density at radius 2 is 1.81 bits per heavy atom. The molecule has 1 saturated carbocycles. The fourth-order valence-corrected chi connectivity index (χ4v) is 4.21. The molecule has 0 spiro atoms. The van der Waals surface area contributed by atoms with Gasteiger partial charge in [0.05, 0.1) is 18.4 Å². The molecule has 4 rings (SSSR count). The van der Waals surface area contributed by atoms with Gasteiger partial charge in [-0.3, -0.25) is 9.59 Å². The molecule has 0 unspecified atom stereocenters. The Balaban J connectivity index is 1.20. The molecule has 1 fully saturated rings. The van der Waals surface area contributed by atoms with E-state index in [9.17, 15) is 9.59 Å². The molecule has 6 nitrogen and oxygen atoms in total. The molecule has 32 heavy (non-hydrogen) atoms. The number of hydrogen-bond acceptors (Lipinski definition) is 4. The second-order valence-electron chi connectivity index (χ2n) is 8.48. The molecule has 0 saturated heterocycles. The molecule has 6 heteroatoms. The van der Waals surface area contributed by atoms with Crippen LogP contribution in [0.5, 0.6) is 5.75 Å². The molecule has 1 aliphatic carbocycles. The molecular weight excluding hydrogens is 402 g/mol. The molecule has 2 aromatic carbocycles. The third kappa shape index (κ3) is 6.19. The number of hydrogen-bond donors (Lipinski definition) is 1. The van der Waals surface area contributed by atoms with E-state index in [-0.39, 0.29) is 24.7 Å². The van der Waals surface area contributed by atoms with Crippen LogP contribution in [0.25, 0.3) is 0 Å². The monoisotopic (exact) mass is 433 g/mol. The van der Waals surface area contributed by atoms with Crippen molar-refractivity contribution in [2.75, 3.05) is 6.54 Å². The molecule has 2 amide bonds. The van der Waals surface area contributed by atoms with E-state index in [0.29, 0.717) is 19.2 Å². The molecule has 2 aromatic rings. The third-order valence-corrected chi connectivity index (χ3v) is 6.01. The van der Waals surface area contributed by atoms with Crippen LogP contribution in [-0.2, 0) is 16.1 Å². The van der Waals surface area contributed by atoms with Gasteiger partial charge >= 0.3 is 0 Å². The third-order valence-electron chi connectivity index (χ3n) is 6.01. The second-order valence-corrected chi connectivity index (χ2v) is 8.48. The molecule has 1 N–H and O–H groups in total. The standard InChI is InChI=1S/C26H31N3O3/c30-25(14-15-26(31)29-17-16-24(28-29)21-9-3-1-4-10-21)27-19-20-8-7-13-23(18-20)32-22-11-5-2-6-12-22/h1,3-4,7-10,13,18,22H,2,5-6,11-12,14-17,19H2,(H,27,30). The van der Waals surface area contributed by atoms with Crippen molar-refractivity contribution in [3.05, 3.63) is 65.7 Å². The van der Waals surface area contributed by atoms with E-state index in [1.165, 1.54) is 24.3 Å². The van der Waals surface area contributed by atoms with Gasteiger partial charge in [0.2, 0.25) is 11.8 Å². The summed E-state index contributed by atoms with van der Waals surface area (Å²) in [4.78, 5) is 24.7. The van der Waals surface area contributed by atoms with Crippen LogP contribution in [0.4, 0.5) is 0 Å². The number of ether oxygens (including phenoxy) is 1. The minimum Gasteiger partial charge on any atom is -0.490 e. The first-order valence-electron chi connectivity index (χ1n) is 11.6. The lowest BCUT2D eigenvalue weighted by Crippen LogP contribution is -2.27. The zero-order valence-electron chi connectivity index (χ0n) is 18.5. The Morgan fingerprint density at radius 3 is 2.62 bits per heavy atom. The number of hydrazone groups is 1. The molecule has 2 aliphatic rings. The molecule has 0 aromatic heterocycles. The van der Waals surface area contributed by atoms with Crippen LogP contribution < -0.4 is 10.1 Å². The van der Waals surface area contributed by atoms with E-state index >= 15 is 0 Å². The van der Waals surface area contributed by atoms with Crippen molar-refractivity contribution in [3.8, 4) is 5.75 Å². The van der Waals surface area contributed by atoms with Crippen molar-refractivity contribution in [1.82, 2.24) is 10.3 Å². The average Bonchev–Trinajstić information content (AvgIpc) is 3.33.